The van der Waals surface area contributed by atoms with Crippen LogP contribution in [0.25, 0.3) is 0 Å². The van der Waals surface area contributed by atoms with E-state index in [1.165, 1.54) is 12.8 Å². The van der Waals surface area contributed by atoms with Gasteiger partial charge in [-0.05, 0) is 44.6 Å². The van der Waals surface area contributed by atoms with Crippen molar-refractivity contribution in [2.45, 2.75) is 44.6 Å². The van der Waals surface area contributed by atoms with Gasteiger partial charge in [-0.25, -0.2) is 0 Å². The van der Waals surface area contributed by atoms with Gasteiger partial charge in [-0.3, -0.25) is 4.79 Å². The molecule has 2 aliphatic rings. The standard InChI is InChI=1S/C13H24N2O2/c16-13(12-3-1-2-7-14-12)15-8-4-11-5-9-17-10-6-11/h11-12,14H,1-10H2,(H,15,16). The van der Waals surface area contributed by atoms with Crippen LogP contribution in [0.2, 0.25) is 0 Å². The van der Waals surface area contributed by atoms with Crippen LogP contribution in [0.5, 0.6) is 0 Å². The third kappa shape index (κ3) is 4.28. The van der Waals surface area contributed by atoms with Crippen LogP contribution in [0, 0.1) is 5.92 Å². The van der Waals surface area contributed by atoms with Crippen molar-refractivity contribution in [1.29, 1.82) is 0 Å². The Morgan fingerprint density at radius 2 is 2.06 bits per heavy atom. The lowest BCUT2D eigenvalue weighted by Crippen LogP contribution is -2.47. The molecule has 4 nitrogen and oxygen atoms in total. The van der Waals surface area contributed by atoms with Crippen LogP contribution >= 0.6 is 0 Å². The Labute approximate surface area is 103 Å². The Balaban J connectivity index is 1.58. The van der Waals surface area contributed by atoms with Gasteiger partial charge < -0.3 is 15.4 Å². The molecule has 1 unspecified atom stereocenters. The van der Waals surface area contributed by atoms with Gasteiger partial charge in [0.1, 0.15) is 0 Å². The molecule has 2 fully saturated rings. The van der Waals surface area contributed by atoms with Gasteiger partial charge in [-0.1, -0.05) is 6.42 Å². The number of hydrogen-bond donors (Lipinski definition) is 2. The van der Waals surface area contributed by atoms with E-state index in [4.69, 9.17) is 4.74 Å². The van der Waals surface area contributed by atoms with Crippen molar-refractivity contribution in [2.75, 3.05) is 26.3 Å². The number of rotatable bonds is 4. The highest BCUT2D eigenvalue weighted by molar-refractivity contribution is 5.81. The summed E-state index contributed by atoms with van der Waals surface area (Å²) >= 11 is 0. The molecule has 0 aliphatic carbocycles. The van der Waals surface area contributed by atoms with E-state index in [1.54, 1.807) is 0 Å². The molecular formula is C13H24N2O2. The summed E-state index contributed by atoms with van der Waals surface area (Å²) in [6, 6.07) is 0.0541. The lowest BCUT2D eigenvalue weighted by atomic mass is 9.96. The number of hydrogen-bond acceptors (Lipinski definition) is 3. The molecule has 0 saturated carbocycles. The van der Waals surface area contributed by atoms with Crippen molar-refractivity contribution in [1.82, 2.24) is 10.6 Å². The summed E-state index contributed by atoms with van der Waals surface area (Å²) in [4.78, 5) is 11.8. The van der Waals surface area contributed by atoms with Gasteiger partial charge in [0.25, 0.3) is 0 Å². The van der Waals surface area contributed by atoms with Crippen molar-refractivity contribution in [3.8, 4) is 0 Å². The highest BCUT2D eigenvalue weighted by atomic mass is 16.5. The molecule has 0 bridgehead atoms. The normalized spacial score (nSPS) is 26.7. The first kappa shape index (κ1) is 12.8. The first-order valence-electron chi connectivity index (χ1n) is 6.95. The van der Waals surface area contributed by atoms with Crippen LogP contribution in [0.1, 0.15) is 38.5 Å². The summed E-state index contributed by atoms with van der Waals surface area (Å²) in [6.45, 7) is 3.59. The number of carbonyl (C=O) groups excluding carboxylic acids is 1. The molecule has 1 amide bonds. The van der Waals surface area contributed by atoms with E-state index in [1.807, 2.05) is 0 Å². The predicted octanol–water partition coefficient (Wildman–Crippen LogP) is 1.06. The average Bonchev–Trinajstić information content (AvgIpc) is 2.41. The van der Waals surface area contributed by atoms with Gasteiger partial charge in [0.2, 0.25) is 5.91 Å². The van der Waals surface area contributed by atoms with Crippen LogP contribution in [-0.4, -0.2) is 38.3 Å². The monoisotopic (exact) mass is 240 g/mol. The number of carbonyl (C=O) groups is 1. The fourth-order valence-electron chi connectivity index (χ4n) is 2.63. The van der Waals surface area contributed by atoms with E-state index in [0.29, 0.717) is 0 Å². The highest BCUT2D eigenvalue weighted by Gasteiger charge is 2.20. The average molecular weight is 240 g/mol. The van der Waals surface area contributed by atoms with Gasteiger partial charge in [0, 0.05) is 19.8 Å². The number of ether oxygens (including phenoxy) is 1. The van der Waals surface area contributed by atoms with E-state index in [2.05, 4.69) is 10.6 Å². The van der Waals surface area contributed by atoms with Gasteiger partial charge in [-0.2, -0.15) is 0 Å². The molecule has 0 spiro atoms. The third-order valence-corrected chi connectivity index (χ3v) is 3.82. The van der Waals surface area contributed by atoms with Gasteiger partial charge in [0.15, 0.2) is 0 Å². The van der Waals surface area contributed by atoms with Crippen molar-refractivity contribution in [3.63, 3.8) is 0 Å². The van der Waals surface area contributed by atoms with Crippen LogP contribution in [0.4, 0.5) is 0 Å². The Hall–Kier alpha value is -0.610. The van der Waals surface area contributed by atoms with E-state index in [0.717, 1.165) is 57.9 Å². The Morgan fingerprint density at radius 3 is 2.76 bits per heavy atom. The number of nitrogens with one attached hydrogen (secondary N) is 2. The van der Waals surface area contributed by atoms with Gasteiger partial charge in [0.05, 0.1) is 6.04 Å². The van der Waals surface area contributed by atoms with E-state index in [9.17, 15) is 4.79 Å². The topological polar surface area (TPSA) is 50.4 Å². The number of piperidine rings is 1. The zero-order chi connectivity index (χ0) is 11.9. The van der Waals surface area contributed by atoms with Gasteiger partial charge >= 0.3 is 0 Å². The predicted molar refractivity (Wildman–Crippen MR) is 66.8 cm³/mol. The third-order valence-electron chi connectivity index (χ3n) is 3.82. The molecule has 17 heavy (non-hydrogen) atoms. The molecule has 2 aliphatic heterocycles. The maximum atomic E-state index is 11.8. The molecule has 2 rings (SSSR count). The maximum Gasteiger partial charge on any atom is 0.237 e. The SMILES string of the molecule is O=C(NCCC1CCOCC1)C1CCCCN1. The fraction of sp³-hybridized carbons (Fsp3) is 0.923. The van der Waals surface area contributed by atoms with Crippen molar-refractivity contribution in [3.05, 3.63) is 0 Å². The molecule has 0 aromatic rings. The van der Waals surface area contributed by atoms with Crippen molar-refractivity contribution < 1.29 is 9.53 Å². The van der Waals surface area contributed by atoms with Crippen LogP contribution in [0.3, 0.4) is 0 Å². The molecule has 98 valence electrons. The maximum absolute atomic E-state index is 11.8. The molecule has 2 saturated heterocycles. The van der Waals surface area contributed by atoms with E-state index >= 15 is 0 Å². The van der Waals surface area contributed by atoms with Crippen LogP contribution in [0.15, 0.2) is 0 Å². The Bertz CT molecular complexity index is 234. The zero-order valence-electron chi connectivity index (χ0n) is 10.5. The quantitative estimate of drug-likeness (QED) is 0.772. The summed E-state index contributed by atoms with van der Waals surface area (Å²) in [5, 5.41) is 6.33. The smallest absolute Gasteiger partial charge is 0.237 e. The zero-order valence-corrected chi connectivity index (χ0v) is 10.5. The summed E-state index contributed by atoms with van der Waals surface area (Å²) < 4.78 is 5.32. The first-order valence-corrected chi connectivity index (χ1v) is 6.95. The van der Waals surface area contributed by atoms with Crippen LogP contribution in [-0.2, 0) is 9.53 Å². The van der Waals surface area contributed by atoms with Crippen molar-refractivity contribution >= 4 is 5.91 Å². The van der Waals surface area contributed by atoms with E-state index in [-0.39, 0.29) is 11.9 Å². The Morgan fingerprint density at radius 1 is 1.24 bits per heavy atom. The molecule has 2 N–H and O–H groups in total. The lowest BCUT2D eigenvalue weighted by Gasteiger charge is -2.24. The molecule has 0 aromatic carbocycles. The molecule has 0 radical (unpaired) electrons. The van der Waals surface area contributed by atoms with Gasteiger partial charge in [-0.15, -0.1) is 0 Å². The summed E-state index contributed by atoms with van der Waals surface area (Å²) in [6.07, 6.45) is 6.76. The molecule has 2 heterocycles. The second-order valence-electron chi connectivity index (χ2n) is 5.14. The summed E-state index contributed by atoms with van der Waals surface area (Å²) in [7, 11) is 0. The Kier molecular flexibility index (Phi) is 5.26. The summed E-state index contributed by atoms with van der Waals surface area (Å²) in [5.74, 6) is 0.931. The minimum absolute atomic E-state index is 0.0541. The highest BCUT2D eigenvalue weighted by Crippen LogP contribution is 2.17. The summed E-state index contributed by atoms with van der Waals surface area (Å²) in [5.41, 5.74) is 0. The second-order valence-corrected chi connectivity index (χ2v) is 5.14. The minimum atomic E-state index is 0.0541. The molecule has 0 aromatic heterocycles. The molecule has 1 atom stereocenters. The lowest BCUT2D eigenvalue weighted by molar-refractivity contribution is -0.123. The minimum Gasteiger partial charge on any atom is -0.381 e. The second kappa shape index (κ2) is 6.97. The fourth-order valence-corrected chi connectivity index (χ4v) is 2.63. The largest absolute Gasteiger partial charge is 0.381 e. The van der Waals surface area contributed by atoms with Crippen molar-refractivity contribution in [2.24, 2.45) is 5.92 Å². The van der Waals surface area contributed by atoms with E-state index < -0.39 is 0 Å². The molecular weight excluding hydrogens is 216 g/mol. The molecule has 4 heteroatoms. The number of amides is 1. The van der Waals surface area contributed by atoms with Crippen LogP contribution < -0.4 is 10.6 Å². The first-order chi connectivity index (χ1) is 8.36.